The summed E-state index contributed by atoms with van der Waals surface area (Å²) in [7, 11) is 0. The van der Waals surface area contributed by atoms with Gasteiger partial charge in [-0.15, -0.1) is 0 Å². The SMILES string of the molecule is CC1=CC=N[C]2CC(C)=C(C)C=C21. The standard InChI is InChI=1S/C12H14N/c1-8-4-5-13-12-7-10(3)9(2)6-11(8)12/h4-6H,7H2,1-3H3. The van der Waals surface area contributed by atoms with Crippen molar-refractivity contribution in [3.8, 4) is 0 Å². The van der Waals surface area contributed by atoms with Gasteiger partial charge < -0.3 is 0 Å². The fraction of sp³-hybridized carbons (Fsp3) is 0.333. The fourth-order valence-corrected chi connectivity index (χ4v) is 1.69. The Hall–Kier alpha value is -1.11. The molecule has 67 valence electrons. The first-order valence-electron chi connectivity index (χ1n) is 4.64. The van der Waals surface area contributed by atoms with Crippen molar-refractivity contribution in [1.82, 2.24) is 0 Å². The van der Waals surface area contributed by atoms with E-state index in [0.29, 0.717) is 0 Å². The largest absolute Gasteiger partial charge is 0.278 e. The zero-order chi connectivity index (χ0) is 9.42. The molecule has 2 aliphatic rings. The maximum atomic E-state index is 4.40. The van der Waals surface area contributed by atoms with Crippen molar-refractivity contribution < 1.29 is 0 Å². The third-order valence-corrected chi connectivity index (χ3v) is 2.76. The van der Waals surface area contributed by atoms with Gasteiger partial charge >= 0.3 is 0 Å². The van der Waals surface area contributed by atoms with Crippen molar-refractivity contribution in [3.63, 3.8) is 0 Å². The smallest absolute Gasteiger partial charge is 0.119 e. The van der Waals surface area contributed by atoms with Crippen molar-refractivity contribution in [1.29, 1.82) is 0 Å². The monoisotopic (exact) mass is 172 g/mol. The molecule has 0 N–H and O–H groups in total. The highest BCUT2D eigenvalue weighted by Gasteiger charge is 2.22. The summed E-state index contributed by atoms with van der Waals surface area (Å²) >= 11 is 0. The minimum absolute atomic E-state index is 1.01. The summed E-state index contributed by atoms with van der Waals surface area (Å²) in [4.78, 5) is 4.40. The Morgan fingerprint density at radius 2 is 2.00 bits per heavy atom. The Balaban J connectivity index is 2.44. The number of hydrogen-bond donors (Lipinski definition) is 0. The van der Waals surface area contributed by atoms with Gasteiger partial charge in [-0.3, -0.25) is 4.99 Å². The van der Waals surface area contributed by atoms with Gasteiger partial charge in [-0.1, -0.05) is 17.2 Å². The first kappa shape index (κ1) is 8.49. The molecular formula is C12H14N. The molecule has 1 aliphatic heterocycles. The minimum Gasteiger partial charge on any atom is -0.278 e. The van der Waals surface area contributed by atoms with E-state index in [0.717, 1.165) is 6.42 Å². The van der Waals surface area contributed by atoms with Crippen LogP contribution in [0.15, 0.2) is 39.4 Å². The van der Waals surface area contributed by atoms with Crippen molar-refractivity contribution >= 4 is 6.21 Å². The molecule has 0 fully saturated rings. The molecule has 1 aliphatic carbocycles. The van der Waals surface area contributed by atoms with Crippen LogP contribution in [0.3, 0.4) is 0 Å². The summed E-state index contributed by atoms with van der Waals surface area (Å²) in [5, 5.41) is 0. The molecule has 13 heavy (non-hydrogen) atoms. The van der Waals surface area contributed by atoms with E-state index in [2.05, 4.69) is 37.9 Å². The molecule has 0 aromatic heterocycles. The molecule has 0 unspecified atom stereocenters. The van der Waals surface area contributed by atoms with Gasteiger partial charge in [-0.05, 0) is 38.0 Å². The number of aliphatic imine (C=N–C) groups is 1. The van der Waals surface area contributed by atoms with Crippen molar-refractivity contribution in [3.05, 3.63) is 40.5 Å². The summed E-state index contributed by atoms with van der Waals surface area (Å²) in [5.74, 6) is 0. The summed E-state index contributed by atoms with van der Waals surface area (Å²) in [6.45, 7) is 6.49. The Kier molecular flexibility index (Phi) is 1.95. The van der Waals surface area contributed by atoms with Gasteiger partial charge in [0.25, 0.3) is 0 Å². The average molecular weight is 172 g/mol. The Bertz CT molecular complexity index is 353. The summed E-state index contributed by atoms with van der Waals surface area (Å²) in [5.41, 5.74) is 5.48. The average Bonchev–Trinajstić information content (AvgIpc) is 2.09. The van der Waals surface area contributed by atoms with Crippen LogP contribution in [0, 0.1) is 6.04 Å². The second-order valence-corrected chi connectivity index (χ2v) is 3.77. The van der Waals surface area contributed by atoms with Crippen LogP contribution < -0.4 is 0 Å². The van der Waals surface area contributed by atoms with Gasteiger partial charge in [-0.2, -0.15) is 0 Å². The van der Waals surface area contributed by atoms with Crippen molar-refractivity contribution in [2.45, 2.75) is 27.2 Å². The summed E-state index contributed by atoms with van der Waals surface area (Å²) in [6.07, 6.45) is 7.23. The van der Waals surface area contributed by atoms with Gasteiger partial charge in [0.15, 0.2) is 0 Å². The van der Waals surface area contributed by atoms with Gasteiger partial charge in [0.05, 0.1) is 0 Å². The van der Waals surface area contributed by atoms with Crippen LogP contribution in [0.5, 0.6) is 0 Å². The summed E-state index contributed by atoms with van der Waals surface area (Å²) < 4.78 is 0. The minimum atomic E-state index is 1.01. The molecule has 1 heterocycles. The topological polar surface area (TPSA) is 12.4 Å². The van der Waals surface area contributed by atoms with Gasteiger partial charge in [0.2, 0.25) is 0 Å². The molecule has 1 radical (unpaired) electrons. The molecular weight excluding hydrogens is 158 g/mol. The number of nitrogens with zero attached hydrogens (tertiary/aromatic N) is 1. The number of dihydropyridines is 1. The lowest BCUT2D eigenvalue weighted by Gasteiger charge is -2.24. The molecule has 1 nitrogen and oxygen atoms in total. The maximum Gasteiger partial charge on any atom is 0.119 e. The van der Waals surface area contributed by atoms with E-state index in [-0.39, 0.29) is 0 Å². The molecule has 1 heteroatoms. The summed E-state index contributed by atoms with van der Waals surface area (Å²) in [6, 6.07) is 1.23. The number of rotatable bonds is 0. The number of allylic oxidation sites excluding steroid dienone is 3. The molecule has 0 saturated heterocycles. The van der Waals surface area contributed by atoms with Crippen LogP contribution in [0.1, 0.15) is 27.2 Å². The van der Waals surface area contributed by atoms with Crippen molar-refractivity contribution in [2.75, 3.05) is 0 Å². The molecule has 0 bridgehead atoms. The molecule has 0 atom stereocenters. The normalized spacial score (nSPS) is 22.7. The van der Waals surface area contributed by atoms with E-state index in [1.54, 1.807) is 0 Å². The molecule has 0 aromatic rings. The van der Waals surface area contributed by atoms with Gasteiger partial charge in [0, 0.05) is 12.6 Å². The van der Waals surface area contributed by atoms with E-state index in [4.69, 9.17) is 0 Å². The number of fused-ring (bicyclic) bond motifs is 1. The zero-order valence-corrected chi connectivity index (χ0v) is 8.39. The number of hydrogen-bond acceptors (Lipinski definition) is 1. The predicted octanol–water partition coefficient (Wildman–Crippen LogP) is 3.22. The highest BCUT2D eigenvalue weighted by molar-refractivity contribution is 5.79. The fourth-order valence-electron chi connectivity index (χ4n) is 1.69. The Morgan fingerprint density at radius 1 is 1.23 bits per heavy atom. The highest BCUT2D eigenvalue weighted by atomic mass is 14.8. The van der Waals surface area contributed by atoms with E-state index in [1.807, 2.05) is 6.21 Å². The predicted molar refractivity (Wildman–Crippen MR) is 56.6 cm³/mol. The highest BCUT2D eigenvalue weighted by Crippen LogP contribution is 2.36. The lowest BCUT2D eigenvalue weighted by atomic mass is 9.85. The first-order valence-corrected chi connectivity index (χ1v) is 4.64. The molecule has 0 spiro atoms. The lowest BCUT2D eigenvalue weighted by Crippen LogP contribution is -2.10. The van der Waals surface area contributed by atoms with Gasteiger partial charge in [0.1, 0.15) is 6.04 Å². The van der Waals surface area contributed by atoms with E-state index >= 15 is 0 Å². The van der Waals surface area contributed by atoms with Gasteiger partial charge in [-0.25, -0.2) is 0 Å². The van der Waals surface area contributed by atoms with E-state index in [1.165, 1.54) is 28.3 Å². The van der Waals surface area contributed by atoms with Crippen LogP contribution >= 0.6 is 0 Å². The van der Waals surface area contributed by atoms with E-state index < -0.39 is 0 Å². The third kappa shape index (κ3) is 1.39. The Morgan fingerprint density at radius 3 is 2.77 bits per heavy atom. The Labute approximate surface area is 79.6 Å². The van der Waals surface area contributed by atoms with Crippen molar-refractivity contribution in [2.24, 2.45) is 4.99 Å². The van der Waals surface area contributed by atoms with Crippen LogP contribution in [-0.4, -0.2) is 6.21 Å². The van der Waals surface area contributed by atoms with Crippen LogP contribution in [0.2, 0.25) is 0 Å². The van der Waals surface area contributed by atoms with Crippen LogP contribution in [-0.2, 0) is 0 Å². The van der Waals surface area contributed by atoms with E-state index in [9.17, 15) is 0 Å². The second kappa shape index (κ2) is 2.99. The quantitative estimate of drug-likeness (QED) is 0.532. The third-order valence-electron chi connectivity index (χ3n) is 2.76. The molecule has 0 amide bonds. The lowest BCUT2D eigenvalue weighted by molar-refractivity contribution is 0.894. The molecule has 0 saturated carbocycles. The second-order valence-electron chi connectivity index (χ2n) is 3.77. The van der Waals surface area contributed by atoms with Crippen LogP contribution in [0.4, 0.5) is 0 Å². The zero-order valence-electron chi connectivity index (χ0n) is 8.39. The van der Waals surface area contributed by atoms with Crippen LogP contribution in [0.25, 0.3) is 0 Å². The molecule has 2 rings (SSSR count). The maximum absolute atomic E-state index is 4.40. The molecule has 0 aromatic carbocycles. The first-order chi connectivity index (χ1) is 6.18.